The second kappa shape index (κ2) is 10.7. The van der Waals surface area contributed by atoms with Crippen molar-refractivity contribution in [2.45, 2.75) is 13.8 Å². The van der Waals surface area contributed by atoms with E-state index in [1.165, 1.54) is 27.4 Å². The first kappa shape index (κ1) is 27.9. The summed E-state index contributed by atoms with van der Waals surface area (Å²) in [5, 5.41) is 2.43. The number of ether oxygens (including phenoxy) is 2. The van der Waals surface area contributed by atoms with Crippen LogP contribution in [0.4, 0.5) is 17.1 Å². The Kier molecular flexibility index (Phi) is 6.06. The van der Waals surface area contributed by atoms with Gasteiger partial charge in [-0.05, 0) is 85.4 Å². The van der Waals surface area contributed by atoms with Crippen molar-refractivity contribution in [2.75, 3.05) is 4.90 Å². The van der Waals surface area contributed by atoms with Crippen molar-refractivity contribution in [3.8, 4) is 28.7 Å². The lowest BCUT2D eigenvalue weighted by atomic mass is 9.35. The molecule has 0 saturated carbocycles. The summed E-state index contributed by atoms with van der Waals surface area (Å²) >= 11 is 0. The molecular weight excluding hydrogens is 599 g/mol. The molecule has 4 nitrogen and oxygen atoms in total. The molecular formula is C44H31BN2O2. The van der Waals surface area contributed by atoms with Crippen molar-refractivity contribution in [3.63, 3.8) is 0 Å². The first-order valence-electron chi connectivity index (χ1n) is 16.8. The summed E-state index contributed by atoms with van der Waals surface area (Å²) in [5.74, 6) is 3.41. The molecule has 0 N–H and O–H groups in total. The zero-order valence-electron chi connectivity index (χ0n) is 27.2. The molecule has 49 heavy (non-hydrogen) atoms. The Bertz CT molecular complexity index is 2530. The third-order valence-electron chi connectivity index (χ3n) is 10.0. The first-order chi connectivity index (χ1) is 24.1. The highest BCUT2D eigenvalue weighted by Gasteiger charge is 2.40. The normalized spacial score (nSPS) is 12.6. The van der Waals surface area contributed by atoms with E-state index in [1.54, 1.807) is 0 Å². The van der Waals surface area contributed by atoms with Gasteiger partial charge in [0.05, 0.1) is 11.0 Å². The Balaban J connectivity index is 1.17. The van der Waals surface area contributed by atoms with E-state index >= 15 is 0 Å². The lowest BCUT2D eigenvalue weighted by Gasteiger charge is -2.34. The predicted octanol–water partition coefficient (Wildman–Crippen LogP) is 9.60. The highest BCUT2D eigenvalue weighted by Crippen LogP contribution is 2.41. The first-order valence-corrected chi connectivity index (χ1v) is 16.8. The van der Waals surface area contributed by atoms with Crippen LogP contribution in [0.1, 0.15) is 11.1 Å². The third-order valence-corrected chi connectivity index (χ3v) is 10.0. The van der Waals surface area contributed by atoms with Crippen LogP contribution >= 0.6 is 0 Å². The predicted molar refractivity (Wildman–Crippen MR) is 203 cm³/mol. The van der Waals surface area contributed by atoms with E-state index in [9.17, 15) is 0 Å². The molecule has 2 aliphatic rings. The van der Waals surface area contributed by atoms with E-state index in [4.69, 9.17) is 9.47 Å². The largest absolute Gasteiger partial charge is 0.458 e. The molecule has 0 atom stereocenters. The smallest absolute Gasteiger partial charge is 0.260 e. The lowest BCUT2D eigenvalue weighted by molar-refractivity contribution is 0.465. The minimum atomic E-state index is -0.0387. The number of hydrogen-bond acceptors (Lipinski definition) is 3. The number of aryl methyl sites for hydroxylation is 2. The maximum absolute atomic E-state index is 6.75. The maximum atomic E-state index is 6.75. The number of fused-ring (bicyclic) bond motifs is 7. The fourth-order valence-electron chi connectivity index (χ4n) is 7.71. The van der Waals surface area contributed by atoms with Crippen LogP contribution in [0.3, 0.4) is 0 Å². The fraction of sp³-hybridized carbons (Fsp3) is 0.0455. The van der Waals surface area contributed by atoms with E-state index in [0.717, 1.165) is 67.7 Å². The van der Waals surface area contributed by atoms with E-state index in [0.29, 0.717) is 0 Å². The Morgan fingerprint density at radius 2 is 1.08 bits per heavy atom. The van der Waals surface area contributed by atoms with Crippen LogP contribution in [-0.4, -0.2) is 11.3 Å². The van der Waals surface area contributed by atoms with Gasteiger partial charge in [0.1, 0.15) is 23.0 Å². The van der Waals surface area contributed by atoms with E-state index in [-0.39, 0.29) is 6.71 Å². The molecule has 0 amide bonds. The van der Waals surface area contributed by atoms with Crippen LogP contribution in [0.2, 0.25) is 0 Å². The number of aromatic nitrogens is 1. The number of rotatable bonds is 4. The van der Waals surface area contributed by atoms with Gasteiger partial charge in [-0.15, -0.1) is 0 Å². The molecule has 0 saturated heterocycles. The summed E-state index contributed by atoms with van der Waals surface area (Å²) in [4.78, 5) is 2.30. The molecule has 7 aromatic carbocycles. The molecule has 0 fully saturated rings. The Labute approximate surface area is 285 Å². The van der Waals surface area contributed by atoms with Gasteiger partial charge in [-0.3, -0.25) is 0 Å². The van der Waals surface area contributed by atoms with E-state index < -0.39 is 0 Å². The molecule has 5 heteroatoms. The van der Waals surface area contributed by atoms with Crippen molar-refractivity contribution in [2.24, 2.45) is 0 Å². The van der Waals surface area contributed by atoms with Crippen molar-refractivity contribution < 1.29 is 9.47 Å². The number of nitrogens with zero attached hydrogens (tertiary/aromatic N) is 2. The van der Waals surface area contributed by atoms with Gasteiger partial charge in [-0.2, -0.15) is 0 Å². The van der Waals surface area contributed by atoms with Crippen LogP contribution in [0.15, 0.2) is 152 Å². The van der Waals surface area contributed by atoms with Crippen LogP contribution in [0, 0.1) is 13.8 Å². The average molecular weight is 631 g/mol. The third kappa shape index (κ3) is 4.32. The monoisotopic (exact) mass is 630 g/mol. The number of para-hydroxylation sites is 2. The molecule has 10 rings (SSSR count). The lowest BCUT2D eigenvalue weighted by Crippen LogP contribution is -2.57. The Morgan fingerprint density at radius 3 is 1.78 bits per heavy atom. The molecule has 0 spiro atoms. The average Bonchev–Trinajstić information content (AvgIpc) is 3.46. The Hall–Kier alpha value is -6.20. The highest BCUT2D eigenvalue weighted by molar-refractivity contribution is 6.98. The molecule has 0 unspecified atom stereocenters. The van der Waals surface area contributed by atoms with Crippen LogP contribution < -0.4 is 30.8 Å². The van der Waals surface area contributed by atoms with Gasteiger partial charge in [0, 0.05) is 51.1 Å². The number of benzene rings is 7. The second-order valence-electron chi connectivity index (χ2n) is 13.1. The molecule has 232 valence electrons. The summed E-state index contributed by atoms with van der Waals surface area (Å²) in [6.45, 7) is 4.21. The van der Waals surface area contributed by atoms with Crippen LogP contribution in [0.25, 0.3) is 27.5 Å². The molecule has 0 radical (unpaired) electrons. The van der Waals surface area contributed by atoms with Gasteiger partial charge in [0.25, 0.3) is 6.71 Å². The zero-order chi connectivity index (χ0) is 32.6. The summed E-state index contributed by atoms with van der Waals surface area (Å²) in [5.41, 5.74) is 12.5. The maximum Gasteiger partial charge on any atom is 0.260 e. The molecule has 0 aliphatic carbocycles. The molecule has 3 heterocycles. The van der Waals surface area contributed by atoms with Gasteiger partial charge in [-0.25, -0.2) is 0 Å². The van der Waals surface area contributed by atoms with Crippen molar-refractivity contribution >= 4 is 62.0 Å². The van der Waals surface area contributed by atoms with Gasteiger partial charge in [0.2, 0.25) is 0 Å². The minimum Gasteiger partial charge on any atom is -0.458 e. The van der Waals surface area contributed by atoms with E-state index in [2.05, 4.69) is 169 Å². The number of hydrogen-bond donors (Lipinski definition) is 0. The second-order valence-corrected chi connectivity index (χ2v) is 13.1. The Morgan fingerprint density at radius 1 is 0.469 bits per heavy atom. The fourth-order valence-corrected chi connectivity index (χ4v) is 7.71. The van der Waals surface area contributed by atoms with Crippen LogP contribution in [0.5, 0.6) is 23.0 Å². The summed E-state index contributed by atoms with van der Waals surface area (Å²) in [6, 6.07) is 54.0. The molecule has 8 aromatic rings. The van der Waals surface area contributed by atoms with Crippen molar-refractivity contribution in [3.05, 3.63) is 163 Å². The molecule has 0 bridgehead atoms. The topological polar surface area (TPSA) is 26.6 Å². The van der Waals surface area contributed by atoms with Gasteiger partial charge >= 0.3 is 0 Å². The van der Waals surface area contributed by atoms with Gasteiger partial charge < -0.3 is 18.9 Å². The summed E-state index contributed by atoms with van der Waals surface area (Å²) in [6.07, 6.45) is 0. The quantitative estimate of drug-likeness (QED) is 0.181. The molecule has 2 aliphatic heterocycles. The molecule has 1 aromatic heterocycles. The summed E-state index contributed by atoms with van der Waals surface area (Å²) < 4.78 is 15.8. The number of anilines is 3. The minimum absolute atomic E-state index is 0.0387. The standard InChI is InChI=1S/C44H31BN2O2/c1-28-15-19-31(20-16-28)46(32-21-17-29(2)18-22-32)33-23-24-36-42(25-33)48-40-13-8-14-41-44(40)45(36)37-26-35-34-11-6-7-12-38(34)47(30-9-4-3-5-10-30)39(35)27-43(37)49-41/h3-27H,1-2H3. The van der Waals surface area contributed by atoms with Crippen molar-refractivity contribution in [1.82, 2.24) is 4.57 Å². The SMILES string of the molecule is Cc1ccc(N(c2ccc(C)cc2)c2ccc3c(c2)Oc2cccc4c2B3c2cc3c5ccccc5n(-c5ccccc5)c3cc2O4)cc1. The summed E-state index contributed by atoms with van der Waals surface area (Å²) in [7, 11) is 0. The van der Waals surface area contributed by atoms with Crippen LogP contribution in [-0.2, 0) is 0 Å². The van der Waals surface area contributed by atoms with Gasteiger partial charge in [0.15, 0.2) is 0 Å². The van der Waals surface area contributed by atoms with E-state index in [1.807, 2.05) is 6.07 Å². The van der Waals surface area contributed by atoms with Gasteiger partial charge in [-0.1, -0.05) is 90.0 Å². The zero-order valence-corrected chi connectivity index (χ0v) is 27.2. The highest BCUT2D eigenvalue weighted by atomic mass is 16.5. The van der Waals surface area contributed by atoms with Crippen molar-refractivity contribution in [1.29, 1.82) is 0 Å².